The van der Waals surface area contributed by atoms with Crippen LogP contribution in [0.3, 0.4) is 0 Å². The molecule has 174 valence electrons. The van der Waals surface area contributed by atoms with E-state index in [0.717, 1.165) is 56.3 Å². The van der Waals surface area contributed by atoms with Crippen LogP contribution in [0.25, 0.3) is 0 Å². The van der Waals surface area contributed by atoms with E-state index in [1.165, 1.54) is 18.4 Å². The topological polar surface area (TPSA) is 26.7 Å². The smallest absolute Gasteiger partial charge is 0.0577 e. The fourth-order valence-corrected chi connectivity index (χ4v) is 6.63. The number of halogens is 2. The van der Waals surface area contributed by atoms with Crippen LogP contribution in [-0.4, -0.2) is 53.7 Å². The van der Waals surface area contributed by atoms with Gasteiger partial charge in [-0.25, -0.2) is 0 Å². The molecular formula is C26H34Cl2N2OS. The Bertz CT molecular complexity index is 867. The van der Waals surface area contributed by atoms with Crippen LogP contribution in [0.1, 0.15) is 42.7 Å². The molecule has 2 aliphatic rings. The van der Waals surface area contributed by atoms with Crippen molar-refractivity contribution < 1.29 is 5.11 Å². The molecule has 1 aromatic heterocycles. The summed E-state index contributed by atoms with van der Waals surface area (Å²) in [5.74, 6) is 1.83. The quantitative estimate of drug-likeness (QED) is 0.415. The number of piperidine rings is 1. The van der Waals surface area contributed by atoms with Crippen molar-refractivity contribution in [2.45, 2.75) is 44.2 Å². The molecule has 0 bridgehead atoms. The molecular weight excluding hydrogens is 459 g/mol. The van der Waals surface area contributed by atoms with Crippen LogP contribution in [0, 0.1) is 11.8 Å². The molecule has 2 aromatic rings. The Balaban J connectivity index is 1.35. The van der Waals surface area contributed by atoms with Crippen molar-refractivity contribution in [3.05, 3.63) is 68.9 Å². The molecule has 6 heteroatoms. The van der Waals surface area contributed by atoms with Gasteiger partial charge in [0.1, 0.15) is 0 Å². The third-order valence-corrected chi connectivity index (χ3v) is 8.43. The van der Waals surface area contributed by atoms with E-state index in [0.29, 0.717) is 29.2 Å². The van der Waals surface area contributed by atoms with Gasteiger partial charge in [0, 0.05) is 42.1 Å². The summed E-state index contributed by atoms with van der Waals surface area (Å²) in [6.45, 7) is 10.2. The zero-order chi connectivity index (χ0) is 22.5. The molecule has 0 radical (unpaired) electrons. The summed E-state index contributed by atoms with van der Waals surface area (Å²) in [7, 11) is 0. The van der Waals surface area contributed by atoms with Gasteiger partial charge in [-0.15, -0.1) is 6.58 Å². The maximum atomic E-state index is 10.1. The lowest BCUT2D eigenvalue weighted by Crippen LogP contribution is -2.39. The average molecular weight is 494 g/mol. The lowest BCUT2D eigenvalue weighted by atomic mass is 9.87. The van der Waals surface area contributed by atoms with Crippen molar-refractivity contribution >= 4 is 34.5 Å². The number of hydrogen-bond acceptors (Lipinski definition) is 4. The molecule has 32 heavy (non-hydrogen) atoms. The Kier molecular flexibility index (Phi) is 8.72. The number of thiophene rings is 1. The van der Waals surface area contributed by atoms with Gasteiger partial charge in [0.15, 0.2) is 0 Å². The van der Waals surface area contributed by atoms with Crippen molar-refractivity contribution in [3.8, 4) is 0 Å². The minimum atomic E-state index is -0.227. The van der Waals surface area contributed by atoms with Crippen molar-refractivity contribution in [3.63, 3.8) is 0 Å². The number of aliphatic hydroxyl groups excluding tert-OH is 1. The molecule has 0 spiro atoms. The first-order valence-electron chi connectivity index (χ1n) is 11.7. The van der Waals surface area contributed by atoms with Gasteiger partial charge < -0.3 is 10.0 Å². The minimum Gasteiger partial charge on any atom is -0.393 e. The standard InChI is InChI=1S/C26H34Cl2N2OS/c1-2-3-24(31)12-19-6-9-29(10-7-19)15-22-16-30(17-25(22)21-8-11-32-18-21)14-20-4-5-23(27)13-26(20)28/h2,4-5,8,11,13,18-19,22,24-25,31H,1,3,6-7,9-10,12,14-17H2. The molecule has 2 fully saturated rings. The first-order valence-corrected chi connectivity index (χ1v) is 13.4. The van der Waals surface area contributed by atoms with Crippen LogP contribution < -0.4 is 0 Å². The van der Waals surface area contributed by atoms with Gasteiger partial charge in [-0.2, -0.15) is 11.3 Å². The third-order valence-electron chi connectivity index (χ3n) is 7.14. The third kappa shape index (κ3) is 6.37. The number of likely N-dealkylation sites (tertiary alicyclic amines) is 2. The highest BCUT2D eigenvalue weighted by Gasteiger charge is 2.36. The molecule has 0 amide bonds. The normalized spacial score (nSPS) is 24.1. The highest BCUT2D eigenvalue weighted by atomic mass is 35.5. The zero-order valence-electron chi connectivity index (χ0n) is 18.6. The molecule has 1 aromatic carbocycles. The van der Waals surface area contributed by atoms with E-state index >= 15 is 0 Å². The monoisotopic (exact) mass is 492 g/mol. The van der Waals surface area contributed by atoms with Crippen LogP contribution in [0.4, 0.5) is 0 Å². The van der Waals surface area contributed by atoms with Gasteiger partial charge >= 0.3 is 0 Å². The molecule has 3 nitrogen and oxygen atoms in total. The van der Waals surface area contributed by atoms with Crippen molar-refractivity contribution in [1.82, 2.24) is 9.80 Å². The van der Waals surface area contributed by atoms with Gasteiger partial charge in [0.25, 0.3) is 0 Å². The molecule has 1 N–H and O–H groups in total. The second-order valence-corrected chi connectivity index (χ2v) is 11.1. The van der Waals surface area contributed by atoms with Crippen LogP contribution in [0.15, 0.2) is 47.7 Å². The fraction of sp³-hybridized carbons (Fsp3) is 0.538. The van der Waals surface area contributed by atoms with Gasteiger partial charge in [0.2, 0.25) is 0 Å². The lowest BCUT2D eigenvalue weighted by molar-refractivity contribution is 0.102. The minimum absolute atomic E-state index is 0.227. The van der Waals surface area contributed by atoms with Crippen molar-refractivity contribution in [2.24, 2.45) is 11.8 Å². The fourth-order valence-electron chi connectivity index (χ4n) is 5.44. The number of benzene rings is 1. The summed E-state index contributed by atoms with van der Waals surface area (Å²) in [6, 6.07) is 8.14. The molecule has 2 saturated heterocycles. The van der Waals surface area contributed by atoms with Gasteiger partial charge in [-0.05, 0) is 90.7 Å². The summed E-state index contributed by atoms with van der Waals surface area (Å²) in [5.41, 5.74) is 2.63. The maximum Gasteiger partial charge on any atom is 0.0577 e. The van der Waals surface area contributed by atoms with Crippen LogP contribution >= 0.6 is 34.5 Å². The van der Waals surface area contributed by atoms with Crippen LogP contribution in [0.5, 0.6) is 0 Å². The predicted octanol–water partition coefficient (Wildman–Crippen LogP) is 6.31. The number of hydrogen-bond donors (Lipinski definition) is 1. The second-order valence-electron chi connectivity index (χ2n) is 9.51. The molecule has 3 heterocycles. The summed E-state index contributed by atoms with van der Waals surface area (Å²) >= 11 is 14.3. The summed E-state index contributed by atoms with van der Waals surface area (Å²) in [4.78, 5) is 5.21. The predicted molar refractivity (Wildman–Crippen MR) is 137 cm³/mol. The summed E-state index contributed by atoms with van der Waals surface area (Å²) < 4.78 is 0. The first kappa shape index (κ1) is 24.3. The number of aliphatic hydroxyl groups is 1. The van der Waals surface area contributed by atoms with Gasteiger partial charge in [-0.1, -0.05) is 35.3 Å². The van der Waals surface area contributed by atoms with E-state index in [4.69, 9.17) is 23.2 Å². The summed E-state index contributed by atoms with van der Waals surface area (Å²) in [5, 5.41) is 16.1. The van der Waals surface area contributed by atoms with E-state index in [-0.39, 0.29) is 6.10 Å². The van der Waals surface area contributed by atoms with E-state index in [1.54, 1.807) is 11.3 Å². The Morgan fingerprint density at radius 3 is 2.66 bits per heavy atom. The largest absolute Gasteiger partial charge is 0.393 e. The van der Waals surface area contributed by atoms with Crippen molar-refractivity contribution in [2.75, 3.05) is 32.7 Å². The highest BCUT2D eigenvalue weighted by molar-refractivity contribution is 7.08. The van der Waals surface area contributed by atoms with Gasteiger partial charge in [0.05, 0.1) is 6.10 Å². The highest BCUT2D eigenvalue weighted by Crippen LogP contribution is 2.36. The van der Waals surface area contributed by atoms with Gasteiger partial charge in [-0.3, -0.25) is 4.90 Å². The Labute approximate surface area is 206 Å². The zero-order valence-corrected chi connectivity index (χ0v) is 21.0. The van der Waals surface area contributed by atoms with Crippen LogP contribution in [0.2, 0.25) is 10.0 Å². The summed E-state index contributed by atoms with van der Waals surface area (Å²) in [6.07, 6.45) is 5.60. The van der Waals surface area contributed by atoms with E-state index < -0.39 is 0 Å². The SMILES string of the molecule is C=CCC(O)CC1CCN(CC2CN(Cc3ccc(Cl)cc3Cl)CC2c2ccsc2)CC1. The average Bonchev–Trinajstić information content (AvgIpc) is 3.42. The Hall–Kier alpha value is -0.880. The molecule has 4 rings (SSSR count). The van der Waals surface area contributed by atoms with E-state index in [9.17, 15) is 5.11 Å². The maximum absolute atomic E-state index is 10.1. The Morgan fingerprint density at radius 2 is 1.97 bits per heavy atom. The second kappa shape index (κ2) is 11.5. The van der Waals surface area contributed by atoms with E-state index in [1.807, 2.05) is 18.2 Å². The number of nitrogens with zero attached hydrogens (tertiary/aromatic N) is 2. The lowest BCUT2D eigenvalue weighted by Gasteiger charge is -2.35. The molecule has 3 atom stereocenters. The Morgan fingerprint density at radius 1 is 1.16 bits per heavy atom. The van der Waals surface area contributed by atoms with Crippen molar-refractivity contribution in [1.29, 1.82) is 0 Å². The molecule has 0 saturated carbocycles. The molecule has 0 aliphatic carbocycles. The molecule has 2 aliphatic heterocycles. The molecule has 3 unspecified atom stereocenters. The van der Waals surface area contributed by atoms with Crippen LogP contribution in [-0.2, 0) is 6.54 Å². The first-order chi connectivity index (χ1) is 15.5. The number of rotatable bonds is 9. The van der Waals surface area contributed by atoms with E-state index in [2.05, 4.69) is 39.3 Å².